The molecule has 2 rings (SSSR count). The Bertz CT molecular complexity index is 1060. The molecule has 39 heavy (non-hydrogen) atoms. The minimum Gasteiger partial charge on any atom is -0.467 e. The number of likely N-dealkylation sites (N-methyl/N-ethyl adjacent to an activating group) is 1. The van der Waals surface area contributed by atoms with Crippen LogP contribution in [0.4, 0.5) is 4.79 Å². The maximum Gasteiger partial charge on any atom is 0.410 e. The second-order valence-corrected chi connectivity index (χ2v) is 11.9. The standard InChI is InChI=1S/C28H42N4O7/c1-17(31(8)26(37)39-28(5,6)7)22(33)30-21(27(2,3)4)24(35)32-16-19(15-20(32)25(36)38-9)29-23(34)18-13-11-10-12-14-18/h10-14,17,19-21H,15-16H2,1-9H3,(H,29,34)(H,30,33)/t17-,19?,20-,21+/m0/s1. The van der Waals surface area contributed by atoms with Crippen molar-refractivity contribution in [1.82, 2.24) is 20.4 Å². The van der Waals surface area contributed by atoms with Gasteiger partial charge >= 0.3 is 12.1 Å². The molecule has 11 heteroatoms. The van der Waals surface area contributed by atoms with Gasteiger partial charge in [-0.2, -0.15) is 0 Å². The zero-order valence-electron chi connectivity index (χ0n) is 24.4. The fraction of sp³-hybridized carbons (Fsp3) is 0.607. The SMILES string of the molecule is COC(=O)[C@@H]1CC(NC(=O)c2ccccc2)CN1C(=O)[C@@H](NC(=O)[C@H](C)N(C)C(=O)OC(C)(C)C)C(C)(C)C. The van der Waals surface area contributed by atoms with E-state index in [-0.39, 0.29) is 18.9 Å². The summed E-state index contributed by atoms with van der Waals surface area (Å²) in [6.45, 7) is 12.1. The highest BCUT2D eigenvalue weighted by atomic mass is 16.6. The van der Waals surface area contributed by atoms with Gasteiger partial charge in [0, 0.05) is 31.6 Å². The third kappa shape index (κ3) is 8.43. The number of ether oxygens (including phenoxy) is 2. The first kappa shape index (κ1) is 31.6. The lowest BCUT2D eigenvalue weighted by molar-refractivity contribution is -0.153. The van der Waals surface area contributed by atoms with E-state index in [0.29, 0.717) is 5.56 Å². The monoisotopic (exact) mass is 546 g/mol. The van der Waals surface area contributed by atoms with Crippen molar-refractivity contribution in [3.63, 3.8) is 0 Å². The van der Waals surface area contributed by atoms with Crippen molar-refractivity contribution in [1.29, 1.82) is 0 Å². The molecule has 216 valence electrons. The molecule has 1 aromatic rings. The predicted octanol–water partition coefficient (Wildman–Crippen LogP) is 2.35. The number of nitrogens with one attached hydrogen (secondary N) is 2. The maximum absolute atomic E-state index is 13.9. The van der Waals surface area contributed by atoms with Crippen LogP contribution in [0.25, 0.3) is 0 Å². The van der Waals surface area contributed by atoms with Gasteiger partial charge in [-0.1, -0.05) is 39.0 Å². The van der Waals surface area contributed by atoms with Gasteiger partial charge in [0.2, 0.25) is 11.8 Å². The first-order chi connectivity index (χ1) is 18.0. The summed E-state index contributed by atoms with van der Waals surface area (Å²) in [7, 11) is 2.68. The fourth-order valence-corrected chi connectivity index (χ4v) is 4.15. The summed E-state index contributed by atoms with van der Waals surface area (Å²) in [4.78, 5) is 67.4. The van der Waals surface area contributed by atoms with Gasteiger partial charge in [0.15, 0.2) is 0 Å². The summed E-state index contributed by atoms with van der Waals surface area (Å²) in [5.74, 6) is -1.98. The number of amides is 4. The minimum atomic E-state index is -1.03. The quantitative estimate of drug-likeness (QED) is 0.502. The van der Waals surface area contributed by atoms with Crippen LogP contribution in [-0.4, -0.2) is 90.1 Å². The molecule has 1 saturated heterocycles. The van der Waals surface area contributed by atoms with Crippen LogP contribution in [0.15, 0.2) is 30.3 Å². The lowest BCUT2D eigenvalue weighted by Crippen LogP contribution is -2.59. The molecule has 0 saturated carbocycles. The summed E-state index contributed by atoms with van der Waals surface area (Å²) < 4.78 is 10.3. The molecular formula is C28H42N4O7. The second kappa shape index (κ2) is 12.5. The van der Waals surface area contributed by atoms with Crippen molar-refractivity contribution in [2.45, 2.75) is 84.7 Å². The number of hydrogen-bond donors (Lipinski definition) is 2. The van der Waals surface area contributed by atoms with E-state index in [1.807, 2.05) is 0 Å². The van der Waals surface area contributed by atoms with E-state index in [0.717, 1.165) is 4.90 Å². The predicted molar refractivity (Wildman–Crippen MR) is 145 cm³/mol. The highest BCUT2D eigenvalue weighted by molar-refractivity contribution is 5.96. The average Bonchev–Trinajstić information content (AvgIpc) is 3.27. The summed E-state index contributed by atoms with van der Waals surface area (Å²) in [5, 5.41) is 5.66. The van der Waals surface area contributed by atoms with E-state index in [1.165, 1.54) is 26.0 Å². The van der Waals surface area contributed by atoms with Crippen molar-refractivity contribution in [2.75, 3.05) is 20.7 Å². The number of rotatable bonds is 7. The van der Waals surface area contributed by atoms with E-state index in [4.69, 9.17) is 9.47 Å². The number of likely N-dealkylation sites (tertiary alicyclic amines) is 1. The number of carbonyl (C=O) groups excluding carboxylic acids is 5. The first-order valence-electron chi connectivity index (χ1n) is 13.0. The summed E-state index contributed by atoms with van der Waals surface area (Å²) in [6, 6.07) is 5.22. The number of benzene rings is 1. The Morgan fingerprint density at radius 3 is 2.13 bits per heavy atom. The van der Waals surface area contributed by atoms with E-state index in [1.54, 1.807) is 71.9 Å². The molecule has 0 radical (unpaired) electrons. The van der Waals surface area contributed by atoms with Crippen LogP contribution >= 0.6 is 0 Å². The first-order valence-corrected chi connectivity index (χ1v) is 13.0. The molecule has 1 heterocycles. The normalized spacial score (nSPS) is 18.9. The van der Waals surface area contributed by atoms with Crippen LogP contribution in [0.5, 0.6) is 0 Å². The summed E-state index contributed by atoms with van der Waals surface area (Å²) >= 11 is 0. The largest absolute Gasteiger partial charge is 0.467 e. The van der Waals surface area contributed by atoms with E-state index in [9.17, 15) is 24.0 Å². The third-order valence-corrected chi connectivity index (χ3v) is 6.47. The number of hydrogen-bond acceptors (Lipinski definition) is 7. The Balaban J connectivity index is 2.23. The highest BCUT2D eigenvalue weighted by Crippen LogP contribution is 2.27. The molecule has 1 aromatic carbocycles. The van der Waals surface area contributed by atoms with Crippen LogP contribution in [0, 0.1) is 5.41 Å². The molecule has 1 unspecified atom stereocenters. The summed E-state index contributed by atoms with van der Waals surface area (Å²) in [5.41, 5.74) is -1.03. The van der Waals surface area contributed by atoms with Crippen molar-refractivity contribution >= 4 is 29.8 Å². The smallest absolute Gasteiger partial charge is 0.410 e. The number of nitrogens with zero attached hydrogens (tertiary/aromatic N) is 2. The molecule has 4 atom stereocenters. The topological polar surface area (TPSA) is 134 Å². The van der Waals surface area contributed by atoms with Gasteiger partial charge in [0.1, 0.15) is 23.7 Å². The number of methoxy groups -OCH3 is 1. The van der Waals surface area contributed by atoms with Crippen LogP contribution in [0.1, 0.15) is 65.2 Å². The maximum atomic E-state index is 13.9. The van der Waals surface area contributed by atoms with Gasteiger partial charge in [0.05, 0.1) is 7.11 Å². The zero-order chi connectivity index (χ0) is 29.7. The van der Waals surface area contributed by atoms with Crippen LogP contribution in [0.3, 0.4) is 0 Å². The minimum absolute atomic E-state index is 0.0625. The van der Waals surface area contributed by atoms with Crippen molar-refractivity contribution in [2.24, 2.45) is 5.41 Å². The molecule has 0 aliphatic carbocycles. The molecule has 0 spiro atoms. The van der Waals surface area contributed by atoms with Gasteiger partial charge < -0.3 is 25.0 Å². The van der Waals surface area contributed by atoms with E-state index in [2.05, 4.69) is 10.6 Å². The Kier molecular flexibility index (Phi) is 10.1. The average molecular weight is 547 g/mol. The zero-order valence-corrected chi connectivity index (χ0v) is 24.4. The molecule has 2 N–H and O–H groups in total. The lowest BCUT2D eigenvalue weighted by atomic mass is 9.85. The van der Waals surface area contributed by atoms with Crippen molar-refractivity contribution < 1.29 is 33.4 Å². The van der Waals surface area contributed by atoms with Gasteiger partial charge in [-0.05, 0) is 45.2 Å². The third-order valence-electron chi connectivity index (χ3n) is 6.47. The second-order valence-electron chi connectivity index (χ2n) is 11.9. The van der Waals surface area contributed by atoms with Gasteiger partial charge in [-0.3, -0.25) is 19.3 Å². The van der Waals surface area contributed by atoms with Crippen molar-refractivity contribution in [3.05, 3.63) is 35.9 Å². The Labute approximate surface area is 230 Å². The molecule has 4 amide bonds. The molecule has 11 nitrogen and oxygen atoms in total. The summed E-state index contributed by atoms with van der Waals surface area (Å²) in [6.07, 6.45) is -0.509. The molecule has 1 aliphatic heterocycles. The number of carbonyl (C=O) groups is 5. The molecule has 1 aliphatic rings. The van der Waals surface area contributed by atoms with Gasteiger partial charge in [-0.15, -0.1) is 0 Å². The molecule has 1 fully saturated rings. The van der Waals surface area contributed by atoms with Crippen LogP contribution in [0.2, 0.25) is 0 Å². The van der Waals surface area contributed by atoms with Gasteiger partial charge in [0.25, 0.3) is 5.91 Å². The molecule has 0 aromatic heterocycles. The molecule has 0 bridgehead atoms. The highest BCUT2D eigenvalue weighted by Gasteiger charge is 2.46. The fourth-order valence-electron chi connectivity index (χ4n) is 4.15. The Morgan fingerprint density at radius 2 is 1.62 bits per heavy atom. The molecular weight excluding hydrogens is 504 g/mol. The van der Waals surface area contributed by atoms with Crippen molar-refractivity contribution in [3.8, 4) is 0 Å². The van der Waals surface area contributed by atoms with Crippen LogP contribution < -0.4 is 10.6 Å². The van der Waals surface area contributed by atoms with E-state index < -0.39 is 59.1 Å². The Morgan fingerprint density at radius 1 is 1.03 bits per heavy atom. The van der Waals surface area contributed by atoms with E-state index >= 15 is 0 Å². The van der Waals surface area contributed by atoms with Gasteiger partial charge in [-0.25, -0.2) is 9.59 Å². The van der Waals surface area contributed by atoms with Crippen LogP contribution in [-0.2, 0) is 23.9 Å². The number of esters is 1. The Hall–Kier alpha value is -3.63. The lowest BCUT2D eigenvalue weighted by Gasteiger charge is -2.36.